The molecule has 0 amide bonds. The number of halogens is 1. The molecular formula is C12H15ClO4. The zero-order valence-electron chi connectivity index (χ0n) is 9.74. The van der Waals surface area contributed by atoms with E-state index in [4.69, 9.17) is 21.4 Å². The number of benzene rings is 1. The van der Waals surface area contributed by atoms with Crippen molar-refractivity contribution < 1.29 is 19.7 Å². The van der Waals surface area contributed by atoms with Crippen LogP contribution in [0.5, 0.6) is 0 Å². The van der Waals surface area contributed by atoms with Gasteiger partial charge in [-0.3, -0.25) is 0 Å². The van der Waals surface area contributed by atoms with Crippen molar-refractivity contribution in [2.75, 3.05) is 13.2 Å². The summed E-state index contributed by atoms with van der Waals surface area (Å²) in [6.07, 6.45) is -0.916. The third-order valence-electron chi connectivity index (χ3n) is 2.47. The average Bonchev–Trinajstić information content (AvgIpc) is 2.22. The second-order valence-corrected chi connectivity index (χ2v) is 4.29. The van der Waals surface area contributed by atoms with Crippen molar-refractivity contribution in [3.8, 4) is 0 Å². The van der Waals surface area contributed by atoms with Gasteiger partial charge in [0.15, 0.2) is 0 Å². The molecule has 0 aliphatic carbocycles. The van der Waals surface area contributed by atoms with Crippen molar-refractivity contribution in [2.24, 2.45) is 0 Å². The number of aliphatic carboxylic acids is 1. The lowest BCUT2D eigenvalue weighted by Crippen LogP contribution is -2.13. The summed E-state index contributed by atoms with van der Waals surface area (Å²) in [5.74, 6) is -1.07. The Morgan fingerprint density at radius 1 is 1.41 bits per heavy atom. The van der Waals surface area contributed by atoms with Gasteiger partial charge in [0.2, 0.25) is 0 Å². The smallest absolute Gasteiger partial charge is 0.329 e. The van der Waals surface area contributed by atoms with E-state index in [-0.39, 0.29) is 6.61 Å². The molecule has 0 fully saturated rings. The zero-order chi connectivity index (χ0) is 13.0. The Kier molecular flexibility index (Phi) is 4.93. The molecule has 0 bridgehead atoms. The Labute approximate surface area is 105 Å². The van der Waals surface area contributed by atoms with Crippen LogP contribution in [0.25, 0.3) is 0 Å². The molecule has 1 rings (SSSR count). The number of hydrogen-bond acceptors (Lipinski definition) is 3. The third kappa shape index (κ3) is 4.00. The Balaban J connectivity index is 2.71. The molecule has 0 heterocycles. The molecule has 0 radical (unpaired) electrons. The summed E-state index contributed by atoms with van der Waals surface area (Å²) in [7, 11) is 0. The van der Waals surface area contributed by atoms with Crippen molar-refractivity contribution in [3.05, 3.63) is 33.8 Å². The molecule has 0 aromatic heterocycles. The number of aryl methyl sites for hydroxylation is 2. The van der Waals surface area contributed by atoms with Gasteiger partial charge in [-0.25, -0.2) is 4.79 Å². The first kappa shape index (κ1) is 14.0. The maximum Gasteiger partial charge on any atom is 0.329 e. The van der Waals surface area contributed by atoms with Crippen LogP contribution in [0.4, 0.5) is 0 Å². The van der Waals surface area contributed by atoms with Gasteiger partial charge in [-0.05, 0) is 31.0 Å². The van der Waals surface area contributed by atoms with E-state index in [1.165, 1.54) is 0 Å². The van der Waals surface area contributed by atoms with E-state index in [0.717, 1.165) is 11.1 Å². The van der Waals surface area contributed by atoms with Gasteiger partial charge in [0, 0.05) is 10.6 Å². The van der Waals surface area contributed by atoms with Crippen molar-refractivity contribution in [2.45, 2.75) is 20.0 Å². The van der Waals surface area contributed by atoms with Crippen LogP contribution in [0.3, 0.4) is 0 Å². The first-order chi connectivity index (χ1) is 7.91. The summed E-state index contributed by atoms with van der Waals surface area (Å²) >= 11 is 6.01. The van der Waals surface area contributed by atoms with E-state index >= 15 is 0 Å². The molecule has 0 aliphatic rings. The Bertz CT molecular complexity index is 417. The number of hydrogen-bond donors (Lipinski definition) is 2. The van der Waals surface area contributed by atoms with E-state index in [1.807, 2.05) is 13.8 Å². The van der Waals surface area contributed by atoms with Crippen molar-refractivity contribution in [1.29, 1.82) is 0 Å². The fourth-order valence-corrected chi connectivity index (χ4v) is 1.75. The van der Waals surface area contributed by atoms with Crippen LogP contribution >= 0.6 is 11.6 Å². The van der Waals surface area contributed by atoms with Gasteiger partial charge in [0.05, 0.1) is 6.61 Å². The fraction of sp³-hybridized carbons (Fsp3) is 0.417. The van der Waals surface area contributed by atoms with Crippen molar-refractivity contribution in [1.82, 2.24) is 0 Å². The number of rotatable bonds is 5. The monoisotopic (exact) mass is 258 g/mol. The SMILES string of the molecule is Cc1cc(Cl)c(C(O)COCC(=O)O)cc1C. The van der Waals surface area contributed by atoms with Gasteiger partial charge < -0.3 is 14.9 Å². The fourth-order valence-electron chi connectivity index (χ4n) is 1.41. The van der Waals surface area contributed by atoms with Crippen molar-refractivity contribution in [3.63, 3.8) is 0 Å². The maximum atomic E-state index is 10.3. The molecule has 4 nitrogen and oxygen atoms in total. The standard InChI is InChI=1S/C12H15ClO4/c1-7-3-9(10(13)4-8(7)2)11(14)5-17-6-12(15)16/h3-4,11,14H,5-6H2,1-2H3,(H,15,16). The highest BCUT2D eigenvalue weighted by Crippen LogP contribution is 2.26. The molecule has 0 saturated carbocycles. The lowest BCUT2D eigenvalue weighted by Gasteiger charge is -2.14. The summed E-state index contributed by atoms with van der Waals surface area (Å²) in [6.45, 7) is 3.33. The molecule has 1 aromatic rings. The van der Waals surface area contributed by atoms with Crippen LogP contribution in [0.15, 0.2) is 12.1 Å². The normalized spacial score (nSPS) is 12.5. The number of carboxylic acid groups (broad SMARTS) is 1. The molecule has 94 valence electrons. The van der Waals surface area contributed by atoms with Crippen LogP contribution < -0.4 is 0 Å². The Morgan fingerprint density at radius 3 is 2.59 bits per heavy atom. The lowest BCUT2D eigenvalue weighted by atomic mass is 10.0. The first-order valence-electron chi connectivity index (χ1n) is 5.16. The minimum atomic E-state index is -1.07. The zero-order valence-corrected chi connectivity index (χ0v) is 10.5. The van der Waals surface area contributed by atoms with Gasteiger partial charge >= 0.3 is 5.97 Å². The predicted octanol–water partition coefficient (Wildman–Crippen LogP) is 2.09. The second-order valence-electron chi connectivity index (χ2n) is 3.88. The summed E-state index contributed by atoms with van der Waals surface area (Å²) in [5.41, 5.74) is 2.61. The molecule has 0 spiro atoms. The summed E-state index contributed by atoms with van der Waals surface area (Å²) < 4.78 is 4.83. The Hall–Kier alpha value is -1.10. The van der Waals surface area contributed by atoms with Crippen LogP contribution in [0, 0.1) is 13.8 Å². The number of aliphatic hydroxyl groups excluding tert-OH is 1. The summed E-state index contributed by atoms with van der Waals surface area (Å²) in [5, 5.41) is 18.7. The number of carbonyl (C=O) groups is 1. The maximum absolute atomic E-state index is 10.3. The highest BCUT2D eigenvalue weighted by Gasteiger charge is 2.13. The van der Waals surface area contributed by atoms with Crippen LogP contribution in [0.1, 0.15) is 22.8 Å². The minimum Gasteiger partial charge on any atom is -0.480 e. The average molecular weight is 259 g/mol. The topological polar surface area (TPSA) is 66.8 Å². The first-order valence-corrected chi connectivity index (χ1v) is 5.54. The van der Waals surface area contributed by atoms with E-state index in [2.05, 4.69) is 0 Å². The summed E-state index contributed by atoms with van der Waals surface area (Å²) in [4.78, 5) is 10.3. The summed E-state index contributed by atoms with van der Waals surface area (Å²) in [6, 6.07) is 3.55. The molecule has 0 saturated heterocycles. The molecule has 2 N–H and O–H groups in total. The van der Waals surface area contributed by atoms with Gasteiger partial charge in [0.25, 0.3) is 0 Å². The molecule has 0 aliphatic heterocycles. The molecule has 1 unspecified atom stereocenters. The second kappa shape index (κ2) is 6.00. The van der Waals surface area contributed by atoms with Crippen LogP contribution in [-0.2, 0) is 9.53 Å². The number of aliphatic hydroxyl groups is 1. The highest BCUT2D eigenvalue weighted by atomic mass is 35.5. The molecular weight excluding hydrogens is 244 g/mol. The third-order valence-corrected chi connectivity index (χ3v) is 2.80. The van der Waals surface area contributed by atoms with E-state index in [0.29, 0.717) is 10.6 Å². The molecule has 5 heteroatoms. The quantitative estimate of drug-likeness (QED) is 0.849. The number of ether oxygens (including phenoxy) is 1. The van der Waals surface area contributed by atoms with E-state index < -0.39 is 18.7 Å². The van der Waals surface area contributed by atoms with Gasteiger partial charge in [-0.15, -0.1) is 0 Å². The Morgan fingerprint density at radius 2 is 2.00 bits per heavy atom. The van der Waals surface area contributed by atoms with Gasteiger partial charge in [0.1, 0.15) is 12.7 Å². The molecule has 1 atom stereocenters. The number of carboxylic acids is 1. The molecule has 17 heavy (non-hydrogen) atoms. The highest BCUT2D eigenvalue weighted by molar-refractivity contribution is 6.31. The molecule has 1 aromatic carbocycles. The largest absolute Gasteiger partial charge is 0.480 e. The van der Waals surface area contributed by atoms with Gasteiger partial charge in [-0.2, -0.15) is 0 Å². The lowest BCUT2D eigenvalue weighted by molar-refractivity contribution is -0.143. The van der Waals surface area contributed by atoms with E-state index in [9.17, 15) is 9.90 Å². The minimum absolute atomic E-state index is 0.0888. The predicted molar refractivity (Wildman–Crippen MR) is 64.3 cm³/mol. The van der Waals surface area contributed by atoms with Crippen LogP contribution in [-0.4, -0.2) is 29.4 Å². The van der Waals surface area contributed by atoms with E-state index in [1.54, 1.807) is 12.1 Å². The van der Waals surface area contributed by atoms with Crippen LogP contribution in [0.2, 0.25) is 5.02 Å². The van der Waals surface area contributed by atoms with Crippen molar-refractivity contribution >= 4 is 17.6 Å². The van der Waals surface area contributed by atoms with Gasteiger partial charge in [-0.1, -0.05) is 17.7 Å².